The van der Waals surface area contributed by atoms with Gasteiger partial charge in [0.25, 0.3) is 5.91 Å². The fourth-order valence-electron chi connectivity index (χ4n) is 2.17. The molecule has 6 heteroatoms. The Balaban J connectivity index is 0.00000576. The van der Waals surface area contributed by atoms with Crippen LogP contribution in [0.1, 0.15) is 44.5 Å². The lowest BCUT2D eigenvalue weighted by Crippen LogP contribution is -2.34. The maximum atomic E-state index is 12.6. The predicted molar refractivity (Wildman–Crippen MR) is 105 cm³/mol. The summed E-state index contributed by atoms with van der Waals surface area (Å²) >= 11 is 0. The minimum atomic E-state index is -0.0420. The lowest BCUT2D eigenvalue weighted by atomic mass is 10.0. The van der Waals surface area contributed by atoms with E-state index >= 15 is 0 Å². The summed E-state index contributed by atoms with van der Waals surface area (Å²) < 4.78 is 11.1. The third-order valence-electron chi connectivity index (χ3n) is 3.98. The van der Waals surface area contributed by atoms with E-state index in [0.29, 0.717) is 42.0 Å². The van der Waals surface area contributed by atoms with Gasteiger partial charge in [0.15, 0.2) is 11.5 Å². The molecule has 0 saturated heterocycles. The van der Waals surface area contributed by atoms with Crippen LogP contribution in [0.3, 0.4) is 0 Å². The smallest absolute Gasteiger partial charge is 0.253 e. The molecule has 0 aliphatic rings. The molecule has 0 radical (unpaired) electrons. The number of carbonyl (C=O) groups excluding carboxylic acids is 1. The maximum absolute atomic E-state index is 12.6. The molecule has 25 heavy (non-hydrogen) atoms. The van der Waals surface area contributed by atoms with Gasteiger partial charge >= 0.3 is 0 Å². The highest BCUT2D eigenvalue weighted by molar-refractivity contribution is 5.94. The zero-order chi connectivity index (χ0) is 18.3. The average Bonchev–Trinajstić information content (AvgIpc) is 2.56. The van der Waals surface area contributed by atoms with Gasteiger partial charge < -0.3 is 20.1 Å². The van der Waals surface area contributed by atoms with E-state index in [1.807, 2.05) is 0 Å². The van der Waals surface area contributed by atoms with E-state index < -0.39 is 0 Å². The topological polar surface area (TPSA) is 64.8 Å². The van der Waals surface area contributed by atoms with Crippen LogP contribution in [0, 0.1) is 11.8 Å². The van der Waals surface area contributed by atoms with Gasteiger partial charge in [0.05, 0.1) is 13.7 Å². The van der Waals surface area contributed by atoms with Crippen LogP contribution >= 0.6 is 12.4 Å². The Kier molecular flexibility index (Phi) is 10.6. The zero-order valence-electron chi connectivity index (χ0n) is 16.2. The molecule has 0 aromatic heterocycles. The summed E-state index contributed by atoms with van der Waals surface area (Å²) in [6, 6.07) is 5.40. The molecule has 0 fully saturated rings. The van der Waals surface area contributed by atoms with Gasteiger partial charge in [-0.1, -0.05) is 27.7 Å². The van der Waals surface area contributed by atoms with Gasteiger partial charge in [-0.25, -0.2) is 0 Å². The number of nitrogens with zero attached hydrogens (tertiary/aromatic N) is 1. The summed E-state index contributed by atoms with van der Waals surface area (Å²) in [5.74, 6) is 2.03. The Bertz CT molecular complexity index is 535. The van der Waals surface area contributed by atoms with Gasteiger partial charge in [0.1, 0.15) is 0 Å². The molecule has 0 aliphatic heterocycles. The Morgan fingerprint density at radius 3 is 2.36 bits per heavy atom. The molecule has 1 rings (SSSR count). The summed E-state index contributed by atoms with van der Waals surface area (Å²) in [7, 11) is 3.38. The number of rotatable bonds is 9. The Hall–Kier alpha value is -1.46. The van der Waals surface area contributed by atoms with Gasteiger partial charge in [-0.2, -0.15) is 0 Å². The molecule has 0 saturated carbocycles. The normalized spacial score (nSPS) is 11.9. The highest BCUT2D eigenvalue weighted by Gasteiger charge is 2.17. The number of amides is 1. The van der Waals surface area contributed by atoms with Crippen LogP contribution in [0.2, 0.25) is 0 Å². The summed E-state index contributed by atoms with van der Waals surface area (Å²) in [6.45, 7) is 9.59. The van der Waals surface area contributed by atoms with E-state index in [0.717, 1.165) is 6.42 Å². The molecule has 0 bridgehead atoms. The van der Waals surface area contributed by atoms with Crippen LogP contribution in [-0.4, -0.2) is 44.2 Å². The van der Waals surface area contributed by atoms with E-state index in [9.17, 15) is 4.79 Å². The van der Waals surface area contributed by atoms with Gasteiger partial charge in [-0.05, 0) is 36.5 Å². The van der Waals surface area contributed by atoms with Crippen LogP contribution < -0.4 is 15.2 Å². The molecule has 144 valence electrons. The molecule has 1 amide bonds. The molecule has 0 aliphatic carbocycles. The molecular formula is C19H33ClN2O3. The standard InChI is InChI=1S/C19H32N2O3.ClH/c1-13(2)12-24-17-8-7-15(11-18(17)23-6)19(22)21(5)10-9-16(20)14(3)4;/h7-8,11,13-14,16H,9-10,12,20H2,1-6H3;1H. The lowest BCUT2D eigenvalue weighted by molar-refractivity contribution is 0.0788. The Morgan fingerprint density at radius 1 is 1.20 bits per heavy atom. The second-order valence-electron chi connectivity index (χ2n) is 6.99. The van der Waals surface area contributed by atoms with Crippen molar-refractivity contribution in [1.82, 2.24) is 4.90 Å². The molecule has 1 aromatic rings. The highest BCUT2D eigenvalue weighted by atomic mass is 35.5. The van der Waals surface area contributed by atoms with Crippen LogP contribution in [0.15, 0.2) is 18.2 Å². The van der Waals surface area contributed by atoms with Gasteiger partial charge in [-0.15, -0.1) is 12.4 Å². The van der Waals surface area contributed by atoms with Crippen LogP contribution in [-0.2, 0) is 0 Å². The molecule has 0 heterocycles. The first-order valence-corrected chi connectivity index (χ1v) is 8.58. The van der Waals surface area contributed by atoms with Crippen molar-refractivity contribution in [2.75, 3.05) is 27.3 Å². The van der Waals surface area contributed by atoms with Crippen molar-refractivity contribution in [3.8, 4) is 11.5 Å². The van der Waals surface area contributed by atoms with Crippen molar-refractivity contribution >= 4 is 18.3 Å². The van der Waals surface area contributed by atoms with E-state index in [1.165, 1.54) is 0 Å². The fraction of sp³-hybridized carbons (Fsp3) is 0.632. The fourth-order valence-corrected chi connectivity index (χ4v) is 2.17. The van der Waals surface area contributed by atoms with Crippen molar-refractivity contribution in [2.45, 2.75) is 40.2 Å². The Labute approximate surface area is 158 Å². The number of hydrogen-bond acceptors (Lipinski definition) is 4. The number of benzene rings is 1. The number of carbonyl (C=O) groups is 1. The number of nitrogens with two attached hydrogens (primary N) is 1. The molecular weight excluding hydrogens is 340 g/mol. The molecule has 0 spiro atoms. The summed E-state index contributed by atoms with van der Waals surface area (Å²) in [6.07, 6.45) is 0.784. The summed E-state index contributed by atoms with van der Waals surface area (Å²) in [4.78, 5) is 14.3. The quantitative estimate of drug-likeness (QED) is 0.719. The van der Waals surface area contributed by atoms with Crippen LogP contribution in [0.25, 0.3) is 0 Å². The number of hydrogen-bond donors (Lipinski definition) is 1. The first kappa shape index (κ1) is 23.5. The molecule has 2 N–H and O–H groups in total. The minimum absolute atomic E-state index is 0. The SMILES string of the molecule is COc1cc(C(=O)N(C)CCC(N)C(C)C)ccc1OCC(C)C.Cl. The summed E-state index contributed by atoms with van der Waals surface area (Å²) in [5.41, 5.74) is 6.64. The third kappa shape index (κ3) is 7.53. The van der Waals surface area contributed by atoms with Gasteiger partial charge in [0.2, 0.25) is 0 Å². The minimum Gasteiger partial charge on any atom is -0.493 e. The molecule has 1 unspecified atom stereocenters. The molecule has 1 atom stereocenters. The van der Waals surface area contributed by atoms with Crippen LogP contribution in [0.4, 0.5) is 0 Å². The first-order chi connectivity index (χ1) is 11.3. The summed E-state index contributed by atoms with van der Waals surface area (Å²) in [5, 5.41) is 0. The van der Waals surface area contributed by atoms with Gasteiger partial charge in [-0.3, -0.25) is 4.79 Å². The second-order valence-corrected chi connectivity index (χ2v) is 6.99. The van der Waals surface area contributed by atoms with Crippen molar-refractivity contribution in [1.29, 1.82) is 0 Å². The average molecular weight is 373 g/mol. The number of methoxy groups -OCH3 is 1. The molecule has 1 aromatic carbocycles. The van der Waals surface area contributed by atoms with E-state index in [2.05, 4.69) is 27.7 Å². The number of ether oxygens (including phenoxy) is 2. The van der Waals surface area contributed by atoms with Crippen molar-refractivity contribution in [2.24, 2.45) is 17.6 Å². The van der Waals surface area contributed by atoms with E-state index in [1.54, 1.807) is 37.3 Å². The predicted octanol–water partition coefficient (Wildman–Crippen LogP) is 3.60. The first-order valence-electron chi connectivity index (χ1n) is 8.58. The monoisotopic (exact) mass is 372 g/mol. The van der Waals surface area contributed by atoms with E-state index in [-0.39, 0.29) is 24.4 Å². The zero-order valence-corrected chi connectivity index (χ0v) is 17.1. The second kappa shape index (κ2) is 11.2. The van der Waals surface area contributed by atoms with Crippen molar-refractivity contribution in [3.63, 3.8) is 0 Å². The maximum Gasteiger partial charge on any atom is 0.253 e. The lowest BCUT2D eigenvalue weighted by Gasteiger charge is -2.22. The Morgan fingerprint density at radius 2 is 1.84 bits per heavy atom. The highest BCUT2D eigenvalue weighted by Crippen LogP contribution is 2.29. The third-order valence-corrected chi connectivity index (χ3v) is 3.98. The van der Waals surface area contributed by atoms with Crippen LogP contribution in [0.5, 0.6) is 11.5 Å². The largest absolute Gasteiger partial charge is 0.493 e. The van der Waals surface area contributed by atoms with E-state index in [4.69, 9.17) is 15.2 Å². The van der Waals surface area contributed by atoms with Gasteiger partial charge in [0, 0.05) is 25.2 Å². The van der Waals surface area contributed by atoms with Crippen molar-refractivity contribution in [3.05, 3.63) is 23.8 Å². The van der Waals surface area contributed by atoms with Crippen molar-refractivity contribution < 1.29 is 14.3 Å². The molecule has 5 nitrogen and oxygen atoms in total. The number of halogens is 1.